The normalized spacial score (nSPS) is 20.2. The van der Waals surface area contributed by atoms with Crippen LogP contribution in [-0.4, -0.2) is 4.98 Å². The first-order valence-corrected chi connectivity index (χ1v) is 10.4. The van der Waals surface area contributed by atoms with Crippen LogP contribution in [0.15, 0.2) is 23.7 Å². The van der Waals surface area contributed by atoms with Gasteiger partial charge in [0.2, 0.25) is 0 Å². The molecule has 130 valence electrons. The summed E-state index contributed by atoms with van der Waals surface area (Å²) in [5.41, 5.74) is 2.89. The van der Waals surface area contributed by atoms with E-state index in [0.29, 0.717) is 10.9 Å². The van der Waals surface area contributed by atoms with E-state index in [1.807, 2.05) is 11.4 Å². The van der Waals surface area contributed by atoms with Gasteiger partial charge in [-0.25, -0.2) is 9.55 Å². The molecule has 0 radical (unpaired) electrons. The fourth-order valence-electron chi connectivity index (χ4n) is 2.57. The van der Waals surface area contributed by atoms with Gasteiger partial charge in [0.25, 0.3) is 0 Å². The molecular weight excluding hydrogens is 341 g/mol. The number of nitrogens with zero attached hydrogens (tertiary/aromatic N) is 1. The summed E-state index contributed by atoms with van der Waals surface area (Å²) in [5, 5.41) is 8.38. The Morgan fingerprint density at radius 1 is 1.17 bits per heavy atom. The Morgan fingerprint density at radius 2 is 1.88 bits per heavy atom. The number of hydrogen-bond donors (Lipinski definition) is 2. The number of fused-ring (bicyclic) bond motifs is 1. The van der Waals surface area contributed by atoms with Gasteiger partial charge in [-0.2, -0.15) is 0 Å². The number of hydrogen-bond acceptors (Lipinski definition) is 4. The summed E-state index contributed by atoms with van der Waals surface area (Å²) in [7, 11) is -3.26. The number of thiazole rings is 1. The molecule has 1 atom stereocenters. The van der Waals surface area contributed by atoms with E-state index in [2.05, 4.69) is 62.8 Å². The monoisotopic (exact) mass is 365 g/mol. The summed E-state index contributed by atoms with van der Waals surface area (Å²) < 4.78 is 19.0. The van der Waals surface area contributed by atoms with Crippen molar-refractivity contribution in [2.45, 2.75) is 52.4 Å². The average molecular weight is 365 g/mol. The second-order valence-electron chi connectivity index (χ2n) is 8.10. The smallest absolute Gasteiger partial charge is 0.411 e. The van der Waals surface area contributed by atoms with E-state index in [1.54, 1.807) is 6.20 Å². The molecule has 0 amide bonds. The molecule has 1 aromatic heterocycles. The van der Waals surface area contributed by atoms with Crippen LogP contribution in [0, 0.1) is 0 Å². The van der Waals surface area contributed by atoms with Crippen LogP contribution in [0.4, 0.5) is 10.8 Å². The highest BCUT2D eigenvalue weighted by Crippen LogP contribution is 2.59. The highest BCUT2D eigenvalue weighted by Gasteiger charge is 2.39. The molecule has 0 spiro atoms. The molecule has 1 aliphatic rings. The summed E-state index contributed by atoms with van der Waals surface area (Å²) in [6.07, 6.45) is 1.67. The molecule has 2 heterocycles. The number of nitrogens with one attached hydrogen (secondary N) is 2. The molecule has 5 nitrogen and oxygen atoms in total. The molecule has 0 saturated carbocycles. The summed E-state index contributed by atoms with van der Waals surface area (Å²) in [6.45, 7) is 12.9. The lowest BCUT2D eigenvalue weighted by Gasteiger charge is -2.26. The zero-order valence-corrected chi connectivity index (χ0v) is 16.6. The van der Waals surface area contributed by atoms with E-state index in [1.165, 1.54) is 16.9 Å². The second-order valence-corrected chi connectivity index (χ2v) is 10.7. The Labute approximate surface area is 147 Å². The molecule has 2 aromatic rings. The number of rotatable bonds is 2. The minimum absolute atomic E-state index is 0.00791. The van der Waals surface area contributed by atoms with Crippen LogP contribution >= 0.6 is 19.0 Å². The molecule has 0 aliphatic carbocycles. The molecule has 24 heavy (non-hydrogen) atoms. The summed E-state index contributed by atoms with van der Waals surface area (Å²) in [4.78, 5) is 4.13. The minimum atomic E-state index is -3.26. The molecule has 3 rings (SSSR count). The van der Waals surface area contributed by atoms with Gasteiger partial charge in [-0.3, -0.25) is 10.2 Å². The van der Waals surface area contributed by atoms with Crippen LogP contribution in [0.5, 0.6) is 5.75 Å². The SMILES string of the molecule is CC(C)(C)c1cc2c(c(C(C)(C)C)c1)OP(=O)(Nc1nccs1)N2. The van der Waals surface area contributed by atoms with Crippen molar-refractivity contribution in [1.29, 1.82) is 0 Å². The van der Waals surface area contributed by atoms with Gasteiger partial charge in [0.15, 0.2) is 10.9 Å². The van der Waals surface area contributed by atoms with Gasteiger partial charge in [-0.05, 0) is 22.5 Å². The van der Waals surface area contributed by atoms with Gasteiger partial charge < -0.3 is 4.52 Å². The molecule has 1 aliphatic heterocycles. The van der Waals surface area contributed by atoms with Crippen molar-refractivity contribution in [2.24, 2.45) is 0 Å². The predicted octanol–water partition coefficient (Wildman–Crippen LogP) is 5.76. The van der Waals surface area contributed by atoms with Crippen molar-refractivity contribution >= 4 is 29.8 Å². The maximum absolute atomic E-state index is 13.1. The topological polar surface area (TPSA) is 63.2 Å². The van der Waals surface area contributed by atoms with E-state index >= 15 is 0 Å². The van der Waals surface area contributed by atoms with E-state index in [-0.39, 0.29) is 10.8 Å². The van der Waals surface area contributed by atoms with E-state index in [9.17, 15) is 4.57 Å². The predicted molar refractivity (Wildman–Crippen MR) is 101 cm³/mol. The first-order chi connectivity index (χ1) is 11.0. The van der Waals surface area contributed by atoms with Crippen LogP contribution in [-0.2, 0) is 15.4 Å². The van der Waals surface area contributed by atoms with Gasteiger partial charge in [0.05, 0.1) is 5.69 Å². The fourth-order valence-corrected chi connectivity index (χ4v) is 4.90. The zero-order valence-electron chi connectivity index (χ0n) is 14.9. The third-order valence-corrected chi connectivity index (χ3v) is 6.25. The Balaban J connectivity index is 2.05. The number of aromatic nitrogens is 1. The van der Waals surface area contributed by atoms with Gasteiger partial charge in [0, 0.05) is 17.1 Å². The van der Waals surface area contributed by atoms with Crippen molar-refractivity contribution in [3.63, 3.8) is 0 Å². The van der Waals surface area contributed by atoms with E-state index in [0.717, 1.165) is 11.3 Å². The van der Waals surface area contributed by atoms with Crippen molar-refractivity contribution in [1.82, 2.24) is 4.98 Å². The van der Waals surface area contributed by atoms with Crippen molar-refractivity contribution in [3.05, 3.63) is 34.8 Å². The van der Waals surface area contributed by atoms with Crippen molar-refractivity contribution in [3.8, 4) is 5.75 Å². The van der Waals surface area contributed by atoms with Crippen LogP contribution in [0.1, 0.15) is 52.7 Å². The first kappa shape index (κ1) is 17.3. The largest absolute Gasteiger partial charge is 0.446 e. The van der Waals surface area contributed by atoms with Crippen molar-refractivity contribution in [2.75, 3.05) is 10.2 Å². The standard InChI is InChI=1S/C17H24N3O2PS/c1-16(2,3)11-9-12(17(4,5)6)14-13(10-11)19-23(21,22-14)20-15-18-7-8-24-15/h7-10H,1-6H3,(H2,18,19,20,21). The quantitative estimate of drug-likeness (QED) is 0.662. The van der Waals surface area contributed by atoms with Crippen LogP contribution in [0.25, 0.3) is 0 Å². The third kappa shape index (κ3) is 3.31. The fraction of sp³-hybridized carbons (Fsp3) is 0.471. The second kappa shape index (κ2) is 5.50. The lowest BCUT2D eigenvalue weighted by atomic mass is 9.80. The van der Waals surface area contributed by atoms with E-state index in [4.69, 9.17) is 4.52 Å². The van der Waals surface area contributed by atoms with Crippen LogP contribution < -0.4 is 14.7 Å². The molecule has 1 aromatic carbocycles. The molecule has 0 saturated heterocycles. The summed E-state index contributed by atoms with van der Waals surface area (Å²) in [5.74, 6) is 0.669. The van der Waals surface area contributed by atoms with Gasteiger partial charge in [-0.15, -0.1) is 11.3 Å². The Bertz CT molecular complexity index is 804. The molecule has 0 fully saturated rings. The Morgan fingerprint density at radius 3 is 2.42 bits per heavy atom. The number of anilines is 2. The van der Waals surface area contributed by atoms with Crippen LogP contribution in [0.2, 0.25) is 0 Å². The lowest BCUT2D eigenvalue weighted by molar-refractivity contribution is 0.486. The maximum Gasteiger partial charge on any atom is 0.446 e. The molecule has 1 unspecified atom stereocenters. The zero-order chi connectivity index (χ0) is 17.8. The molecular formula is C17H24N3O2PS. The molecule has 7 heteroatoms. The Hall–Kier alpha value is -1.52. The van der Waals surface area contributed by atoms with Gasteiger partial charge >= 0.3 is 7.67 Å². The lowest BCUT2D eigenvalue weighted by Crippen LogP contribution is -2.16. The Kier molecular flexibility index (Phi) is 3.97. The highest BCUT2D eigenvalue weighted by atomic mass is 32.1. The van der Waals surface area contributed by atoms with Gasteiger partial charge in [-0.1, -0.05) is 47.6 Å². The summed E-state index contributed by atoms with van der Waals surface area (Å²) in [6, 6.07) is 4.20. The highest BCUT2D eigenvalue weighted by molar-refractivity contribution is 7.63. The van der Waals surface area contributed by atoms with Gasteiger partial charge in [0.1, 0.15) is 0 Å². The van der Waals surface area contributed by atoms with Crippen LogP contribution in [0.3, 0.4) is 0 Å². The third-order valence-electron chi connectivity index (χ3n) is 3.93. The van der Waals surface area contributed by atoms with E-state index < -0.39 is 7.67 Å². The van der Waals surface area contributed by atoms with Crippen molar-refractivity contribution < 1.29 is 9.09 Å². The molecule has 0 bridgehead atoms. The minimum Gasteiger partial charge on any atom is -0.411 e. The first-order valence-electron chi connectivity index (χ1n) is 7.93. The maximum atomic E-state index is 13.1. The molecule has 2 N–H and O–H groups in total. The number of benzene rings is 1. The summed E-state index contributed by atoms with van der Waals surface area (Å²) >= 11 is 1.39. The average Bonchev–Trinajstić information content (AvgIpc) is 3.01.